The summed E-state index contributed by atoms with van der Waals surface area (Å²) in [6.45, 7) is 3.57. The third-order valence-corrected chi connectivity index (χ3v) is 9.42. The summed E-state index contributed by atoms with van der Waals surface area (Å²) in [6, 6.07) is 0. The molecule has 3 unspecified atom stereocenters. The summed E-state index contributed by atoms with van der Waals surface area (Å²) < 4.78 is 6.51. The van der Waals surface area contributed by atoms with E-state index in [1.807, 2.05) is 6.08 Å². The molecule has 0 aromatic rings. The fourth-order valence-corrected chi connectivity index (χ4v) is 8.47. The van der Waals surface area contributed by atoms with Gasteiger partial charge in [0.1, 0.15) is 0 Å². The minimum Gasteiger partial charge on any atom is -0.396 e. The van der Waals surface area contributed by atoms with Crippen molar-refractivity contribution in [1.82, 2.24) is 0 Å². The summed E-state index contributed by atoms with van der Waals surface area (Å²) >= 11 is 0. The molecule has 144 valence electrons. The fourth-order valence-electron chi connectivity index (χ4n) is 8.47. The van der Waals surface area contributed by atoms with E-state index in [0.29, 0.717) is 17.8 Å². The molecule has 4 fully saturated rings. The van der Waals surface area contributed by atoms with Crippen LogP contribution in [0.5, 0.6) is 0 Å². The number of aliphatic hydroxyl groups excluding tert-OH is 1. The molecule has 0 radical (unpaired) electrons. The first-order valence-electron chi connectivity index (χ1n) is 11.1. The van der Waals surface area contributed by atoms with Gasteiger partial charge < -0.3 is 9.84 Å². The Labute approximate surface area is 157 Å². The average molecular weight is 359 g/mol. The van der Waals surface area contributed by atoms with Gasteiger partial charge in [-0.15, -0.1) is 0 Å². The highest BCUT2D eigenvalue weighted by molar-refractivity contribution is 5.91. The summed E-state index contributed by atoms with van der Waals surface area (Å²) in [5.41, 5.74) is 1.83. The molecule has 5 rings (SSSR count). The van der Waals surface area contributed by atoms with Gasteiger partial charge in [-0.05, 0) is 87.5 Å². The van der Waals surface area contributed by atoms with Crippen LogP contribution in [0.15, 0.2) is 11.6 Å². The molecule has 1 saturated heterocycles. The third-order valence-electron chi connectivity index (χ3n) is 9.42. The van der Waals surface area contributed by atoms with E-state index in [4.69, 9.17) is 4.74 Å². The van der Waals surface area contributed by atoms with Crippen molar-refractivity contribution in [3.63, 3.8) is 0 Å². The molecule has 3 nitrogen and oxygen atoms in total. The second kappa shape index (κ2) is 6.17. The molecule has 1 spiro atoms. The lowest BCUT2D eigenvalue weighted by atomic mass is 9.48. The van der Waals surface area contributed by atoms with Crippen molar-refractivity contribution < 1.29 is 14.6 Å². The van der Waals surface area contributed by atoms with Crippen LogP contribution in [-0.2, 0) is 9.53 Å². The Morgan fingerprint density at radius 2 is 2.08 bits per heavy atom. The molecule has 0 aromatic carbocycles. The van der Waals surface area contributed by atoms with E-state index in [9.17, 15) is 9.90 Å². The van der Waals surface area contributed by atoms with Gasteiger partial charge in [0.25, 0.3) is 0 Å². The molecule has 3 saturated carbocycles. The van der Waals surface area contributed by atoms with Gasteiger partial charge in [-0.2, -0.15) is 0 Å². The van der Waals surface area contributed by atoms with E-state index in [0.717, 1.165) is 37.2 Å². The Morgan fingerprint density at radius 3 is 2.81 bits per heavy atom. The van der Waals surface area contributed by atoms with E-state index < -0.39 is 0 Å². The van der Waals surface area contributed by atoms with Crippen LogP contribution < -0.4 is 0 Å². The van der Waals surface area contributed by atoms with Crippen LogP contribution in [0.4, 0.5) is 0 Å². The minimum atomic E-state index is 0.157. The quantitative estimate of drug-likeness (QED) is 0.801. The lowest BCUT2D eigenvalue weighted by Crippen LogP contribution is -2.54. The number of rotatable bonds is 2. The number of fused-ring (bicyclic) bond motifs is 6. The summed E-state index contributed by atoms with van der Waals surface area (Å²) in [4.78, 5) is 12.0. The summed E-state index contributed by atoms with van der Waals surface area (Å²) in [5, 5.41) is 10.1. The minimum absolute atomic E-state index is 0.157. The second-order valence-corrected chi connectivity index (χ2v) is 9.84. The third kappa shape index (κ3) is 2.16. The largest absolute Gasteiger partial charge is 0.396 e. The first kappa shape index (κ1) is 17.4. The van der Waals surface area contributed by atoms with Crippen molar-refractivity contribution in [2.45, 2.75) is 76.7 Å². The highest BCUT2D eigenvalue weighted by Crippen LogP contribution is 2.69. The smallest absolute Gasteiger partial charge is 0.155 e. The molecule has 4 aliphatic carbocycles. The summed E-state index contributed by atoms with van der Waals surface area (Å²) in [7, 11) is 0. The Kier molecular flexibility index (Phi) is 4.14. The first-order valence-corrected chi connectivity index (χ1v) is 11.1. The molecular formula is C23H34O3. The number of ether oxygens (including phenoxy) is 1. The number of carbonyl (C=O) groups excluding carboxylic acids is 1. The van der Waals surface area contributed by atoms with Crippen molar-refractivity contribution >= 4 is 5.78 Å². The van der Waals surface area contributed by atoms with Crippen molar-refractivity contribution in [3.05, 3.63) is 11.6 Å². The highest BCUT2D eigenvalue weighted by Gasteiger charge is 2.65. The van der Waals surface area contributed by atoms with Crippen LogP contribution in [-0.4, -0.2) is 29.7 Å². The van der Waals surface area contributed by atoms with Crippen LogP contribution in [0.3, 0.4) is 0 Å². The van der Waals surface area contributed by atoms with Crippen molar-refractivity contribution in [1.29, 1.82) is 0 Å². The highest BCUT2D eigenvalue weighted by atomic mass is 16.5. The van der Waals surface area contributed by atoms with E-state index in [2.05, 4.69) is 6.92 Å². The standard InChI is InChI=1S/C23H34O3/c1-2-22-9-6-18-17-5-4-16(25)13-19(17)15(14-24)12-20(18)21(22)7-10-23(22)8-3-11-26-23/h13,15,17-18,20-21,24H,2-12,14H2,1H3/t15-,17+,18?,20?,21?,22-,23-/m0/s1. The van der Waals surface area contributed by atoms with Crippen molar-refractivity contribution in [3.8, 4) is 0 Å². The Morgan fingerprint density at radius 1 is 1.19 bits per heavy atom. The fraction of sp³-hybridized carbons (Fsp3) is 0.870. The van der Waals surface area contributed by atoms with Gasteiger partial charge >= 0.3 is 0 Å². The zero-order chi connectivity index (χ0) is 17.9. The summed E-state index contributed by atoms with van der Waals surface area (Å²) in [5.74, 6) is 3.28. The van der Waals surface area contributed by atoms with Gasteiger partial charge in [-0.25, -0.2) is 0 Å². The molecule has 0 bridgehead atoms. The van der Waals surface area contributed by atoms with Gasteiger partial charge in [0.15, 0.2) is 5.78 Å². The monoisotopic (exact) mass is 358 g/mol. The SMILES string of the molecule is CC[C@]12CCC3C(C[C@@H](CO)C4=CC(=O)CC[C@@H]43)C1CC[C@@]21CCCO1. The number of aliphatic hydroxyl groups is 1. The normalized spacial score (nSPS) is 50.3. The lowest BCUT2D eigenvalue weighted by molar-refractivity contribution is -0.142. The molecular weight excluding hydrogens is 324 g/mol. The molecule has 3 heteroatoms. The zero-order valence-corrected chi connectivity index (χ0v) is 16.2. The maximum absolute atomic E-state index is 12.0. The molecule has 0 amide bonds. The molecule has 7 atom stereocenters. The van der Waals surface area contributed by atoms with Crippen LogP contribution in [0.2, 0.25) is 0 Å². The van der Waals surface area contributed by atoms with Gasteiger partial charge in [-0.1, -0.05) is 12.5 Å². The van der Waals surface area contributed by atoms with Crippen LogP contribution in [0.1, 0.15) is 71.1 Å². The Hall–Kier alpha value is -0.670. The molecule has 1 heterocycles. The number of hydrogen-bond donors (Lipinski definition) is 1. The topological polar surface area (TPSA) is 46.5 Å². The van der Waals surface area contributed by atoms with Crippen molar-refractivity contribution in [2.75, 3.05) is 13.2 Å². The number of ketones is 1. The zero-order valence-electron chi connectivity index (χ0n) is 16.2. The van der Waals surface area contributed by atoms with E-state index in [1.165, 1.54) is 50.5 Å². The Balaban J connectivity index is 1.51. The van der Waals surface area contributed by atoms with Gasteiger partial charge in [0.2, 0.25) is 0 Å². The molecule has 0 aromatic heterocycles. The van der Waals surface area contributed by atoms with Gasteiger partial charge in [0, 0.05) is 31.0 Å². The molecule has 5 aliphatic rings. The molecule has 1 N–H and O–H groups in total. The van der Waals surface area contributed by atoms with Gasteiger partial charge in [-0.3, -0.25) is 4.79 Å². The van der Waals surface area contributed by atoms with E-state index in [-0.39, 0.29) is 23.9 Å². The summed E-state index contributed by atoms with van der Waals surface area (Å²) in [6.07, 6.45) is 13.7. The molecule has 1 aliphatic heterocycles. The number of carbonyl (C=O) groups is 1. The maximum Gasteiger partial charge on any atom is 0.155 e. The van der Waals surface area contributed by atoms with Crippen molar-refractivity contribution in [2.24, 2.45) is 35.0 Å². The average Bonchev–Trinajstić information content (AvgIpc) is 3.27. The first-order chi connectivity index (χ1) is 12.6. The van der Waals surface area contributed by atoms with Gasteiger partial charge in [0.05, 0.1) is 5.60 Å². The van der Waals surface area contributed by atoms with E-state index in [1.54, 1.807) is 0 Å². The van der Waals surface area contributed by atoms with Crippen LogP contribution in [0.25, 0.3) is 0 Å². The van der Waals surface area contributed by atoms with Crippen LogP contribution >= 0.6 is 0 Å². The Bertz CT molecular complexity index is 617. The van der Waals surface area contributed by atoms with Crippen LogP contribution in [0, 0.1) is 35.0 Å². The molecule has 26 heavy (non-hydrogen) atoms. The van der Waals surface area contributed by atoms with E-state index >= 15 is 0 Å². The lowest BCUT2D eigenvalue weighted by Gasteiger charge is -2.58. The predicted molar refractivity (Wildman–Crippen MR) is 101 cm³/mol. The second-order valence-electron chi connectivity index (χ2n) is 9.84. The predicted octanol–water partition coefficient (Wildman–Crippen LogP) is 4.29. The maximum atomic E-state index is 12.0. The number of hydrogen-bond acceptors (Lipinski definition) is 3.